The first-order valence-corrected chi connectivity index (χ1v) is 14.5. The van der Waals surface area contributed by atoms with Crippen LogP contribution < -0.4 is 21.5 Å². The molecule has 1 fully saturated rings. The number of ether oxygens (including phenoxy) is 1. The summed E-state index contributed by atoms with van der Waals surface area (Å²) in [6.45, 7) is 7.54. The number of hydrogen-bond acceptors (Lipinski definition) is 7. The highest BCUT2D eigenvalue weighted by molar-refractivity contribution is 6.05. The Kier molecular flexibility index (Phi) is 8.96. The molecule has 11 heteroatoms. The number of amides is 2. The molecule has 0 bridgehead atoms. The average Bonchev–Trinajstić information content (AvgIpc) is 3.03. The van der Waals surface area contributed by atoms with Gasteiger partial charge in [-0.05, 0) is 47.4 Å². The molecule has 3 N–H and O–H groups in total. The Morgan fingerprint density at radius 3 is 2.45 bits per heavy atom. The zero-order chi connectivity index (χ0) is 31.4. The van der Waals surface area contributed by atoms with Gasteiger partial charge in [-0.1, -0.05) is 45.0 Å². The summed E-state index contributed by atoms with van der Waals surface area (Å²) in [6, 6.07) is 13.9. The molecular formula is C33H37FN6O4. The molecule has 1 unspecified atom stereocenters. The number of benzene rings is 2. The lowest BCUT2D eigenvalue weighted by atomic mass is 9.86. The molecule has 1 atom stereocenters. The zero-order valence-corrected chi connectivity index (χ0v) is 25.3. The van der Waals surface area contributed by atoms with Gasteiger partial charge in [0.05, 0.1) is 24.5 Å². The molecule has 2 aliphatic rings. The van der Waals surface area contributed by atoms with Crippen LogP contribution in [0.5, 0.6) is 0 Å². The Morgan fingerprint density at radius 2 is 1.82 bits per heavy atom. The van der Waals surface area contributed by atoms with Gasteiger partial charge >= 0.3 is 0 Å². The maximum Gasteiger partial charge on any atom is 0.289 e. The summed E-state index contributed by atoms with van der Waals surface area (Å²) in [6.07, 6.45) is 4.61. The van der Waals surface area contributed by atoms with Crippen LogP contribution in [0.1, 0.15) is 42.3 Å². The van der Waals surface area contributed by atoms with Crippen molar-refractivity contribution < 1.29 is 18.7 Å². The lowest BCUT2D eigenvalue weighted by molar-refractivity contribution is -0.130. The molecule has 2 amide bonds. The summed E-state index contributed by atoms with van der Waals surface area (Å²) in [7, 11) is 1.52. The van der Waals surface area contributed by atoms with Gasteiger partial charge in [-0.3, -0.25) is 14.4 Å². The lowest BCUT2D eigenvalue weighted by Gasteiger charge is -2.28. The molecule has 3 heterocycles. The van der Waals surface area contributed by atoms with Crippen molar-refractivity contribution in [2.24, 2.45) is 7.05 Å². The fourth-order valence-electron chi connectivity index (χ4n) is 5.07. The van der Waals surface area contributed by atoms with Crippen molar-refractivity contribution in [1.82, 2.24) is 20.0 Å². The summed E-state index contributed by atoms with van der Waals surface area (Å²) < 4.78 is 21.0. The number of aromatic nitrogens is 2. The van der Waals surface area contributed by atoms with Crippen LogP contribution in [0.2, 0.25) is 0 Å². The molecule has 2 aliphatic heterocycles. The van der Waals surface area contributed by atoms with Crippen LogP contribution in [-0.4, -0.2) is 59.0 Å². The Bertz CT molecular complexity index is 1670. The van der Waals surface area contributed by atoms with Crippen LogP contribution in [0, 0.1) is 0 Å². The van der Waals surface area contributed by atoms with E-state index in [1.807, 2.05) is 12.1 Å². The fraction of sp³-hybridized carbons (Fsp3) is 0.333. The minimum atomic E-state index is -0.861. The van der Waals surface area contributed by atoms with Gasteiger partial charge in [0.25, 0.3) is 17.4 Å². The van der Waals surface area contributed by atoms with Gasteiger partial charge < -0.3 is 25.6 Å². The lowest BCUT2D eigenvalue weighted by Crippen LogP contribution is -2.43. The smallest absolute Gasteiger partial charge is 0.289 e. The number of dihydropyridines is 1. The maximum absolute atomic E-state index is 14.5. The highest BCUT2D eigenvalue weighted by Crippen LogP contribution is 2.30. The van der Waals surface area contributed by atoms with Crippen LogP contribution >= 0.6 is 0 Å². The molecule has 5 rings (SSSR count). The van der Waals surface area contributed by atoms with E-state index >= 15 is 0 Å². The number of rotatable bonds is 7. The fourth-order valence-corrected chi connectivity index (χ4v) is 5.07. The van der Waals surface area contributed by atoms with Crippen molar-refractivity contribution in [3.63, 3.8) is 0 Å². The molecule has 1 aromatic heterocycles. The normalized spacial score (nSPS) is 16.6. The SMILES string of the molecule is Cn1nc(-c2cccc(NC(=O)c3ccc(C(C)(C)C)cc3)c2CF)cc(NC2C=CC(C(=O)N3CCOCC3)=CN2)c1=O. The summed E-state index contributed by atoms with van der Waals surface area (Å²) >= 11 is 0. The Hall–Kier alpha value is -4.77. The minimum Gasteiger partial charge on any atom is -0.378 e. The highest BCUT2D eigenvalue weighted by Gasteiger charge is 2.22. The van der Waals surface area contributed by atoms with Crippen LogP contribution in [0.4, 0.5) is 15.8 Å². The largest absolute Gasteiger partial charge is 0.378 e. The number of aryl methyl sites for hydroxylation is 1. The van der Waals surface area contributed by atoms with Crippen LogP contribution in [0.3, 0.4) is 0 Å². The number of alkyl halides is 1. The average molecular weight is 601 g/mol. The minimum absolute atomic E-state index is 0.0493. The number of halogens is 1. The van der Waals surface area contributed by atoms with E-state index in [4.69, 9.17) is 4.74 Å². The van der Waals surface area contributed by atoms with E-state index in [0.29, 0.717) is 54.4 Å². The number of anilines is 2. The second kappa shape index (κ2) is 12.8. The number of nitrogens with zero attached hydrogens (tertiary/aromatic N) is 3. The van der Waals surface area contributed by atoms with E-state index in [1.54, 1.807) is 59.7 Å². The van der Waals surface area contributed by atoms with Crippen LogP contribution in [0.25, 0.3) is 11.3 Å². The van der Waals surface area contributed by atoms with E-state index < -0.39 is 12.8 Å². The molecule has 0 spiro atoms. The van der Waals surface area contributed by atoms with Gasteiger partial charge in [0.1, 0.15) is 18.5 Å². The molecule has 3 aromatic rings. The first kappa shape index (κ1) is 30.7. The van der Waals surface area contributed by atoms with E-state index in [2.05, 4.69) is 41.8 Å². The quantitative estimate of drug-likeness (QED) is 0.374. The van der Waals surface area contributed by atoms with Gasteiger partial charge in [-0.2, -0.15) is 5.10 Å². The van der Waals surface area contributed by atoms with Crippen molar-refractivity contribution in [3.05, 3.63) is 99.5 Å². The summed E-state index contributed by atoms with van der Waals surface area (Å²) in [4.78, 5) is 40.6. The standard InChI is InChI=1S/C33H37FN6O4/c1-33(2,3)23-11-8-21(9-12-23)30(41)37-26-7-5-6-24(25(26)19-34)27-18-28(32(43)39(4)38-27)36-29-13-10-22(20-35-29)31(42)40-14-16-44-17-15-40/h5-13,18,20,29,35-36H,14-17,19H2,1-4H3,(H,37,41). The number of nitrogens with one attached hydrogen (secondary N) is 3. The van der Waals surface area contributed by atoms with Crippen LogP contribution in [0.15, 0.2) is 77.3 Å². The third-order valence-corrected chi connectivity index (χ3v) is 7.65. The van der Waals surface area contributed by atoms with E-state index in [1.165, 1.54) is 11.7 Å². The predicted molar refractivity (Wildman–Crippen MR) is 168 cm³/mol. The molecule has 10 nitrogen and oxygen atoms in total. The number of carbonyl (C=O) groups excluding carboxylic acids is 2. The number of carbonyl (C=O) groups is 2. The van der Waals surface area contributed by atoms with Gasteiger partial charge in [0, 0.05) is 48.7 Å². The maximum atomic E-state index is 14.5. The zero-order valence-electron chi connectivity index (χ0n) is 25.3. The monoisotopic (exact) mass is 600 g/mol. The van der Waals surface area contributed by atoms with Crippen LogP contribution in [-0.2, 0) is 28.7 Å². The molecule has 0 aliphatic carbocycles. The molecule has 44 heavy (non-hydrogen) atoms. The van der Waals surface area contributed by atoms with Crippen molar-refractivity contribution in [3.8, 4) is 11.3 Å². The summed E-state index contributed by atoms with van der Waals surface area (Å²) in [5.74, 6) is -0.451. The second-order valence-electron chi connectivity index (χ2n) is 11.8. The van der Waals surface area contributed by atoms with E-state index in [-0.39, 0.29) is 34.0 Å². The predicted octanol–water partition coefficient (Wildman–Crippen LogP) is 4.11. The van der Waals surface area contributed by atoms with Crippen molar-refractivity contribution in [2.75, 3.05) is 36.9 Å². The Morgan fingerprint density at radius 1 is 1.09 bits per heavy atom. The van der Waals surface area contributed by atoms with Crippen molar-refractivity contribution in [1.29, 1.82) is 0 Å². The third-order valence-electron chi connectivity index (χ3n) is 7.65. The first-order chi connectivity index (χ1) is 21.0. The van der Waals surface area contributed by atoms with Gasteiger partial charge in [0.2, 0.25) is 0 Å². The van der Waals surface area contributed by atoms with Gasteiger partial charge in [0.15, 0.2) is 0 Å². The molecule has 2 aromatic carbocycles. The Labute approximate surface area is 255 Å². The second-order valence-corrected chi connectivity index (χ2v) is 11.8. The third kappa shape index (κ3) is 6.73. The van der Waals surface area contributed by atoms with Gasteiger partial charge in [-0.25, -0.2) is 9.07 Å². The Balaban J connectivity index is 1.34. The van der Waals surface area contributed by atoms with Crippen molar-refractivity contribution >= 4 is 23.2 Å². The summed E-state index contributed by atoms with van der Waals surface area (Å²) in [5.41, 5.74) is 3.22. The number of morpholine rings is 1. The highest BCUT2D eigenvalue weighted by atomic mass is 19.1. The molecule has 0 saturated carbocycles. The first-order valence-electron chi connectivity index (χ1n) is 14.5. The molecule has 230 valence electrons. The topological polar surface area (TPSA) is 118 Å². The van der Waals surface area contributed by atoms with E-state index in [9.17, 15) is 18.8 Å². The molecular weight excluding hydrogens is 563 g/mol. The van der Waals surface area contributed by atoms with E-state index in [0.717, 1.165) is 5.56 Å². The summed E-state index contributed by atoms with van der Waals surface area (Å²) in [5, 5.41) is 13.5. The molecule has 1 saturated heterocycles. The van der Waals surface area contributed by atoms with Crippen molar-refractivity contribution in [2.45, 2.75) is 39.0 Å². The molecule has 0 radical (unpaired) electrons. The number of hydrogen-bond donors (Lipinski definition) is 3. The van der Waals surface area contributed by atoms with Gasteiger partial charge in [-0.15, -0.1) is 0 Å².